The highest BCUT2D eigenvalue weighted by molar-refractivity contribution is 7.80. The van der Waals surface area contributed by atoms with Gasteiger partial charge in [0.25, 0.3) is 0 Å². The first kappa shape index (κ1) is 8.07. The lowest BCUT2D eigenvalue weighted by atomic mass is 10.3. The lowest BCUT2D eigenvalue weighted by Crippen LogP contribution is -2.19. The quantitative estimate of drug-likeness (QED) is 0.688. The highest BCUT2D eigenvalue weighted by Crippen LogP contribution is 2.31. The van der Waals surface area contributed by atoms with E-state index in [-0.39, 0.29) is 4.99 Å². The molecule has 0 spiro atoms. The molecule has 1 aromatic rings. The van der Waals surface area contributed by atoms with E-state index in [0.29, 0.717) is 17.3 Å². The van der Waals surface area contributed by atoms with E-state index in [2.05, 4.69) is 0 Å². The van der Waals surface area contributed by atoms with Crippen molar-refractivity contribution in [2.45, 2.75) is 0 Å². The summed E-state index contributed by atoms with van der Waals surface area (Å²) in [4.78, 5) is 0.189. The van der Waals surface area contributed by atoms with E-state index < -0.39 is 0 Å². The highest BCUT2D eigenvalue weighted by Gasteiger charge is 2.14. The number of hydrogen-bond donors (Lipinski definition) is 1. The molecule has 3 nitrogen and oxygen atoms in total. The van der Waals surface area contributed by atoms with Crippen LogP contribution in [0.4, 0.5) is 0 Å². The number of para-hydroxylation sites is 2. The molecule has 0 fully saturated rings. The fourth-order valence-electron chi connectivity index (χ4n) is 1.000. The second-order valence-corrected chi connectivity index (χ2v) is 2.95. The third-order valence-corrected chi connectivity index (χ3v) is 1.81. The molecule has 0 aliphatic carbocycles. The lowest BCUT2D eigenvalue weighted by Gasteiger charge is -2.16. The monoisotopic (exact) mass is 193 g/mol. The molecular weight excluding hydrogens is 186 g/mol. The maximum atomic E-state index is 5.38. The summed E-state index contributed by atoms with van der Waals surface area (Å²) in [7, 11) is 0. The summed E-state index contributed by atoms with van der Waals surface area (Å²) in [5.74, 6) is 1.68. The Balaban J connectivity index is 2.33. The van der Waals surface area contributed by atoms with Crippen molar-refractivity contribution in [2.24, 2.45) is 5.73 Å². The van der Waals surface area contributed by atoms with Gasteiger partial charge in [0.1, 0.15) is 11.3 Å². The van der Waals surface area contributed by atoms with Crippen LogP contribution in [0, 0.1) is 0 Å². The molecule has 0 saturated carbocycles. The normalized spacial score (nSPS) is 13.4. The minimum absolute atomic E-state index is 0.189. The first-order valence-electron chi connectivity index (χ1n) is 3.71. The fraction of sp³-hybridized carbons (Fsp3) is 0. The van der Waals surface area contributed by atoms with Crippen LogP contribution in [0.3, 0.4) is 0 Å². The number of benzene rings is 1. The average Bonchev–Trinajstić information content (AvgIpc) is 2.17. The van der Waals surface area contributed by atoms with E-state index in [9.17, 15) is 0 Å². The number of hydrogen-bond acceptors (Lipinski definition) is 3. The SMILES string of the molecule is NC(=S)C1=COc2ccccc2O1. The first-order valence-corrected chi connectivity index (χ1v) is 4.12. The number of fused-ring (bicyclic) bond motifs is 1. The standard InChI is InChI=1S/C9H7NO2S/c10-9(13)8-5-11-6-3-1-2-4-7(6)12-8/h1-5H,(H2,10,13). The Bertz CT molecular complexity index is 387. The number of nitrogens with two attached hydrogens (primary N) is 1. The lowest BCUT2D eigenvalue weighted by molar-refractivity contribution is 0.345. The molecule has 13 heavy (non-hydrogen) atoms. The van der Waals surface area contributed by atoms with Crippen molar-refractivity contribution in [2.75, 3.05) is 0 Å². The van der Waals surface area contributed by atoms with Crippen LogP contribution in [0.5, 0.6) is 11.5 Å². The second kappa shape index (κ2) is 3.06. The smallest absolute Gasteiger partial charge is 0.196 e. The minimum atomic E-state index is 0.189. The van der Waals surface area contributed by atoms with Crippen LogP contribution in [0.1, 0.15) is 0 Å². The molecule has 0 aromatic heterocycles. The Morgan fingerprint density at radius 3 is 2.62 bits per heavy atom. The zero-order valence-corrected chi connectivity index (χ0v) is 7.51. The number of rotatable bonds is 1. The van der Waals surface area contributed by atoms with Crippen LogP contribution < -0.4 is 15.2 Å². The molecule has 4 heteroatoms. The van der Waals surface area contributed by atoms with Crippen molar-refractivity contribution in [1.29, 1.82) is 0 Å². The van der Waals surface area contributed by atoms with E-state index in [1.54, 1.807) is 6.07 Å². The minimum Gasteiger partial charge on any atom is -0.457 e. The number of thiocarbonyl (C=S) groups is 1. The van der Waals surface area contributed by atoms with Crippen molar-refractivity contribution < 1.29 is 9.47 Å². The summed E-state index contributed by atoms with van der Waals surface area (Å²) in [5, 5.41) is 0. The molecule has 2 rings (SSSR count). The summed E-state index contributed by atoms with van der Waals surface area (Å²) in [6.45, 7) is 0. The maximum Gasteiger partial charge on any atom is 0.196 e. The van der Waals surface area contributed by atoms with E-state index in [4.69, 9.17) is 27.4 Å². The molecule has 0 bridgehead atoms. The van der Waals surface area contributed by atoms with Crippen LogP contribution in [0.2, 0.25) is 0 Å². The topological polar surface area (TPSA) is 44.5 Å². The van der Waals surface area contributed by atoms with Gasteiger partial charge in [0.05, 0.1) is 0 Å². The van der Waals surface area contributed by atoms with Crippen LogP contribution in [-0.4, -0.2) is 4.99 Å². The fourth-order valence-corrected chi connectivity index (χ4v) is 1.09. The Morgan fingerprint density at radius 2 is 1.92 bits per heavy atom. The average molecular weight is 193 g/mol. The van der Waals surface area contributed by atoms with Crippen LogP contribution in [0.15, 0.2) is 36.3 Å². The van der Waals surface area contributed by atoms with E-state index in [1.807, 2.05) is 18.2 Å². The van der Waals surface area contributed by atoms with Gasteiger partial charge in [0, 0.05) is 0 Å². The Hall–Kier alpha value is -1.55. The summed E-state index contributed by atoms with van der Waals surface area (Å²) < 4.78 is 10.6. The zero-order valence-electron chi connectivity index (χ0n) is 6.69. The summed E-state index contributed by atoms with van der Waals surface area (Å²) in [6, 6.07) is 7.31. The van der Waals surface area contributed by atoms with Crippen molar-refractivity contribution in [1.82, 2.24) is 0 Å². The Kier molecular flexibility index (Phi) is 1.90. The third-order valence-electron chi connectivity index (χ3n) is 1.60. The van der Waals surface area contributed by atoms with E-state index in [1.165, 1.54) is 6.26 Å². The molecule has 0 amide bonds. The summed E-state index contributed by atoms with van der Waals surface area (Å²) in [5.41, 5.74) is 5.38. The van der Waals surface area contributed by atoms with E-state index >= 15 is 0 Å². The van der Waals surface area contributed by atoms with Gasteiger partial charge < -0.3 is 15.2 Å². The molecule has 0 radical (unpaired) electrons. The largest absolute Gasteiger partial charge is 0.457 e. The third kappa shape index (κ3) is 1.48. The van der Waals surface area contributed by atoms with Crippen molar-refractivity contribution >= 4 is 17.2 Å². The summed E-state index contributed by atoms with van der Waals surface area (Å²) in [6.07, 6.45) is 1.41. The van der Waals surface area contributed by atoms with Gasteiger partial charge >= 0.3 is 0 Å². The van der Waals surface area contributed by atoms with Gasteiger partial charge in [-0.15, -0.1) is 0 Å². The molecule has 2 N–H and O–H groups in total. The van der Waals surface area contributed by atoms with Gasteiger partial charge in [-0.05, 0) is 12.1 Å². The van der Waals surface area contributed by atoms with Gasteiger partial charge in [0.2, 0.25) is 0 Å². The molecule has 1 aliphatic heterocycles. The van der Waals surface area contributed by atoms with Crippen LogP contribution in [-0.2, 0) is 0 Å². The molecule has 0 atom stereocenters. The van der Waals surface area contributed by atoms with Crippen molar-refractivity contribution in [3.8, 4) is 11.5 Å². The Morgan fingerprint density at radius 1 is 1.23 bits per heavy atom. The molecule has 0 saturated heterocycles. The van der Waals surface area contributed by atoms with Crippen LogP contribution in [0.25, 0.3) is 0 Å². The van der Waals surface area contributed by atoms with Gasteiger partial charge in [-0.2, -0.15) is 0 Å². The van der Waals surface area contributed by atoms with Crippen molar-refractivity contribution in [3.63, 3.8) is 0 Å². The molecule has 66 valence electrons. The zero-order chi connectivity index (χ0) is 9.26. The highest BCUT2D eigenvalue weighted by atomic mass is 32.1. The predicted octanol–water partition coefficient (Wildman–Crippen LogP) is 1.59. The van der Waals surface area contributed by atoms with E-state index in [0.717, 1.165) is 0 Å². The molecule has 0 unspecified atom stereocenters. The molecular formula is C9H7NO2S. The van der Waals surface area contributed by atoms with Gasteiger partial charge in [0.15, 0.2) is 17.3 Å². The Labute approximate surface area is 80.8 Å². The second-order valence-electron chi connectivity index (χ2n) is 2.51. The van der Waals surface area contributed by atoms with Crippen molar-refractivity contribution in [3.05, 3.63) is 36.3 Å². The van der Waals surface area contributed by atoms with Gasteiger partial charge in [-0.25, -0.2) is 0 Å². The number of ether oxygens (including phenoxy) is 2. The predicted molar refractivity (Wildman–Crippen MR) is 52.6 cm³/mol. The van der Waals surface area contributed by atoms with Gasteiger partial charge in [-0.1, -0.05) is 24.4 Å². The maximum absolute atomic E-state index is 5.38. The van der Waals surface area contributed by atoms with Gasteiger partial charge in [-0.3, -0.25) is 0 Å². The summed E-state index contributed by atoms with van der Waals surface area (Å²) >= 11 is 4.75. The molecule has 1 aliphatic rings. The molecule has 1 aromatic carbocycles. The molecule has 1 heterocycles. The van der Waals surface area contributed by atoms with Crippen LogP contribution >= 0.6 is 12.2 Å². The first-order chi connectivity index (χ1) is 6.27.